The van der Waals surface area contributed by atoms with Crippen LogP contribution in [-0.4, -0.2) is 31.1 Å². The van der Waals surface area contributed by atoms with E-state index in [1.165, 1.54) is 0 Å². The number of benzene rings is 1. The minimum absolute atomic E-state index is 0.0377. The summed E-state index contributed by atoms with van der Waals surface area (Å²) in [5.41, 5.74) is 1.35. The maximum Gasteiger partial charge on any atom is 0.171 e. The molecule has 5 heteroatoms. The van der Waals surface area contributed by atoms with Crippen molar-refractivity contribution >= 4 is 11.0 Å². The van der Waals surface area contributed by atoms with E-state index >= 15 is 0 Å². The van der Waals surface area contributed by atoms with Crippen LogP contribution in [-0.2, 0) is 6.42 Å². The van der Waals surface area contributed by atoms with Crippen LogP contribution in [0.2, 0.25) is 0 Å². The standard InChI is InChI=1S/C11H13NO4/c1-14-10-5-7-8(3-4-13)12-16-9(7)6-11(10)15-2/h5-6,13H,3-4H2,1-2H3. The van der Waals surface area contributed by atoms with Crippen LogP contribution in [0.1, 0.15) is 5.69 Å². The summed E-state index contributed by atoms with van der Waals surface area (Å²) in [5, 5.41) is 13.6. The summed E-state index contributed by atoms with van der Waals surface area (Å²) in [6.07, 6.45) is 0.461. The number of rotatable bonds is 4. The van der Waals surface area contributed by atoms with Crippen molar-refractivity contribution in [3.8, 4) is 11.5 Å². The Labute approximate surface area is 92.6 Å². The van der Waals surface area contributed by atoms with Crippen LogP contribution in [0.3, 0.4) is 0 Å². The number of aromatic nitrogens is 1. The zero-order chi connectivity index (χ0) is 11.5. The lowest BCUT2D eigenvalue weighted by Gasteiger charge is -2.06. The van der Waals surface area contributed by atoms with E-state index in [0.29, 0.717) is 23.5 Å². The van der Waals surface area contributed by atoms with E-state index in [-0.39, 0.29) is 6.61 Å². The molecule has 2 aromatic rings. The van der Waals surface area contributed by atoms with Gasteiger partial charge in [0.05, 0.1) is 19.9 Å². The van der Waals surface area contributed by atoms with Crippen LogP contribution < -0.4 is 9.47 Å². The molecule has 1 N–H and O–H groups in total. The molecule has 0 saturated heterocycles. The SMILES string of the molecule is COc1cc2onc(CCO)c2cc1OC. The highest BCUT2D eigenvalue weighted by Crippen LogP contribution is 2.33. The molecule has 0 saturated carbocycles. The molecule has 1 aromatic heterocycles. The summed E-state index contributed by atoms with van der Waals surface area (Å²) < 4.78 is 15.5. The van der Waals surface area contributed by atoms with Crippen LogP contribution >= 0.6 is 0 Å². The summed E-state index contributed by atoms with van der Waals surface area (Å²) in [4.78, 5) is 0. The molecule has 0 bridgehead atoms. The van der Waals surface area contributed by atoms with Crippen molar-refractivity contribution in [3.05, 3.63) is 17.8 Å². The normalized spacial score (nSPS) is 10.7. The van der Waals surface area contributed by atoms with Gasteiger partial charge in [0.25, 0.3) is 0 Å². The topological polar surface area (TPSA) is 64.7 Å². The highest BCUT2D eigenvalue weighted by atomic mass is 16.5. The van der Waals surface area contributed by atoms with Gasteiger partial charge in [-0.3, -0.25) is 0 Å². The molecule has 0 fully saturated rings. The number of methoxy groups -OCH3 is 2. The second-order valence-corrected chi connectivity index (χ2v) is 3.31. The van der Waals surface area contributed by atoms with E-state index < -0.39 is 0 Å². The molecule has 86 valence electrons. The molecule has 0 spiro atoms. The molecule has 0 unspecified atom stereocenters. The number of ether oxygens (including phenoxy) is 2. The Balaban J connectivity index is 2.57. The van der Waals surface area contributed by atoms with Crippen molar-refractivity contribution in [3.63, 3.8) is 0 Å². The molecule has 1 heterocycles. The minimum Gasteiger partial charge on any atom is -0.493 e. The minimum atomic E-state index is 0.0377. The molecular weight excluding hydrogens is 210 g/mol. The van der Waals surface area contributed by atoms with Crippen LogP contribution in [0, 0.1) is 0 Å². The summed E-state index contributed by atoms with van der Waals surface area (Å²) in [5.74, 6) is 1.22. The largest absolute Gasteiger partial charge is 0.493 e. The van der Waals surface area contributed by atoms with Gasteiger partial charge in [-0.05, 0) is 6.07 Å². The lowest BCUT2D eigenvalue weighted by atomic mass is 10.1. The van der Waals surface area contributed by atoms with Gasteiger partial charge in [-0.1, -0.05) is 5.16 Å². The molecule has 0 amide bonds. The van der Waals surface area contributed by atoms with E-state index in [9.17, 15) is 0 Å². The first kappa shape index (κ1) is 10.8. The predicted octanol–water partition coefficient (Wildman–Crippen LogP) is 1.38. The molecule has 5 nitrogen and oxygen atoms in total. The summed E-state index contributed by atoms with van der Waals surface area (Å²) in [6, 6.07) is 3.53. The van der Waals surface area contributed by atoms with Crippen molar-refractivity contribution < 1.29 is 19.1 Å². The molecular formula is C11H13NO4. The Morgan fingerprint density at radius 1 is 1.25 bits per heavy atom. The van der Waals surface area contributed by atoms with Crippen LogP contribution in [0.15, 0.2) is 16.7 Å². The van der Waals surface area contributed by atoms with Gasteiger partial charge < -0.3 is 19.1 Å². The maximum absolute atomic E-state index is 8.89. The molecule has 0 aliphatic carbocycles. The van der Waals surface area contributed by atoms with Crippen LogP contribution in [0.25, 0.3) is 11.0 Å². The number of aliphatic hydroxyl groups is 1. The lowest BCUT2D eigenvalue weighted by molar-refractivity contribution is 0.295. The van der Waals surface area contributed by atoms with E-state index in [1.54, 1.807) is 26.4 Å². The lowest BCUT2D eigenvalue weighted by Crippen LogP contribution is -1.92. The Bertz CT molecular complexity index is 492. The van der Waals surface area contributed by atoms with Gasteiger partial charge >= 0.3 is 0 Å². The molecule has 16 heavy (non-hydrogen) atoms. The average molecular weight is 223 g/mol. The van der Waals surface area contributed by atoms with Gasteiger partial charge in [-0.2, -0.15) is 0 Å². The third-order valence-corrected chi connectivity index (χ3v) is 2.40. The number of hydrogen-bond donors (Lipinski definition) is 1. The average Bonchev–Trinajstić information content (AvgIpc) is 2.70. The summed E-state index contributed by atoms with van der Waals surface area (Å²) in [7, 11) is 3.14. The highest BCUT2D eigenvalue weighted by molar-refractivity contribution is 5.83. The monoisotopic (exact) mass is 223 g/mol. The Hall–Kier alpha value is -1.75. The molecule has 0 radical (unpaired) electrons. The van der Waals surface area contributed by atoms with Gasteiger partial charge in [-0.15, -0.1) is 0 Å². The highest BCUT2D eigenvalue weighted by Gasteiger charge is 2.13. The number of hydrogen-bond acceptors (Lipinski definition) is 5. The second kappa shape index (κ2) is 4.40. The molecule has 1 aromatic carbocycles. The fourth-order valence-electron chi connectivity index (χ4n) is 1.60. The maximum atomic E-state index is 8.89. The zero-order valence-electron chi connectivity index (χ0n) is 9.19. The van der Waals surface area contributed by atoms with Crippen molar-refractivity contribution in [2.45, 2.75) is 6.42 Å². The van der Waals surface area contributed by atoms with Crippen LogP contribution in [0.4, 0.5) is 0 Å². The van der Waals surface area contributed by atoms with Gasteiger partial charge in [0.15, 0.2) is 17.1 Å². The second-order valence-electron chi connectivity index (χ2n) is 3.31. The third kappa shape index (κ3) is 1.69. The fraction of sp³-hybridized carbons (Fsp3) is 0.364. The Kier molecular flexibility index (Phi) is 2.96. The van der Waals surface area contributed by atoms with E-state index in [2.05, 4.69) is 5.16 Å². The number of aliphatic hydroxyl groups excluding tert-OH is 1. The van der Waals surface area contributed by atoms with Gasteiger partial charge in [-0.25, -0.2) is 0 Å². The molecule has 0 aliphatic heterocycles. The van der Waals surface area contributed by atoms with E-state index in [1.807, 2.05) is 0 Å². The zero-order valence-corrected chi connectivity index (χ0v) is 9.19. The van der Waals surface area contributed by atoms with E-state index in [4.69, 9.17) is 19.1 Å². The summed E-state index contributed by atoms with van der Waals surface area (Å²) >= 11 is 0. The quantitative estimate of drug-likeness (QED) is 0.848. The predicted molar refractivity (Wildman–Crippen MR) is 57.9 cm³/mol. The van der Waals surface area contributed by atoms with Gasteiger partial charge in [0.1, 0.15) is 0 Å². The third-order valence-electron chi connectivity index (χ3n) is 2.40. The van der Waals surface area contributed by atoms with Crippen molar-refractivity contribution in [2.75, 3.05) is 20.8 Å². The van der Waals surface area contributed by atoms with Crippen LogP contribution in [0.5, 0.6) is 11.5 Å². The van der Waals surface area contributed by atoms with Crippen molar-refractivity contribution in [1.82, 2.24) is 5.16 Å². The summed E-state index contributed by atoms with van der Waals surface area (Å²) in [6.45, 7) is 0.0377. The van der Waals surface area contributed by atoms with Crippen molar-refractivity contribution in [2.24, 2.45) is 0 Å². The number of nitrogens with zero attached hydrogens (tertiary/aromatic N) is 1. The fourth-order valence-corrected chi connectivity index (χ4v) is 1.60. The van der Waals surface area contributed by atoms with Gasteiger partial charge in [0.2, 0.25) is 0 Å². The number of fused-ring (bicyclic) bond motifs is 1. The first-order chi connectivity index (χ1) is 7.80. The first-order valence-electron chi connectivity index (χ1n) is 4.91. The Morgan fingerprint density at radius 3 is 2.56 bits per heavy atom. The first-order valence-corrected chi connectivity index (χ1v) is 4.91. The van der Waals surface area contributed by atoms with Crippen molar-refractivity contribution in [1.29, 1.82) is 0 Å². The molecule has 0 aliphatic rings. The Morgan fingerprint density at radius 2 is 1.94 bits per heavy atom. The van der Waals surface area contributed by atoms with E-state index in [0.717, 1.165) is 11.1 Å². The molecule has 0 atom stereocenters. The smallest absolute Gasteiger partial charge is 0.171 e. The molecule has 2 rings (SSSR count). The van der Waals surface area contributed by atoms with Gasteiger partial charge in [0, 0.05) is 24.5 Å².